The molecule has 1 heterocycles. The Hall–Kier alpha value is -1.92. The van der Waals surface area contributed by atoms with Gasteiger partial charge in [0.1, 0.15) is 11.6 Å². The Labute approximate surface area is 135 Å². The largest absolute Gasteiger partial charge is 0.459 e. The number of nitrogens with two attached hydrogens (primary N) is 1. The Morgan fingerprint density at radius 2 is 1.64 bits per heavy atom. The molecule has 0 radical (unpaired) electrons. The molecule has 120 valence electrons. The molecular weight excluding hydrogens is 308 g/mol. The number of imide groups is 1. The summed E-state index contributed by atoms with van der Waals surface area (Å²) in [6, 6.07) is 5.46. The molecule has 0 bridgehead atoms. The van der Waals surface area contributed by atoms with E-state index in [1.165, 1.54) is 0 Å². The molecule has 0 aliphatic carbocycles. The molecule has 0 spiro atoms. The number of rotatable bonds is 3. The summed E-state index contributed by atoms with van der Waals surface area (Å²) in [5, 5.41) is 0. The van der Waals surface area contributed by atoms with E-state index < -0.39 is 29.4 Å². The summed E-state index contributed by atoms with van der Waals surface area (Å²) >= 11 is 0. The van der Waals surface area contributed by atoms with E-state index in [1.54, 1.807) is 45.0 Å². The second kappa shape index (κ2) is 6.46. The molecule has 0 fully saturated rings. The van der Waals surface area contributed by atoms with Crippen LogP contribution in [0.2, 0.25) is 0 Å². The summed E-state index contributed by atoms with van der Waals surface area (Å²) in [5.41, 5.74) is 5.74. The highest BCUT2D eigenvalue weighted by Gasteiger charge is 2.37. The smallest absolute Gasteiger partial charge is 0.325 e. The highest BCUT2D eigenvalue weighted by molar-refractivity contribution is 6.21. The van der Waals surface area contributed by atoms with Crippen LogP contribution >= 0.6 is 12.4 Å². The first-order valence-corrected chi connectivity index (χ1v) is 6.64. The van der Waals surface area contributed by atoms with Crippen LogP contribution in [0, 0.1) is 0 Å². The summed E-state index contributed by atoms with van der Waals surface area (Å²) in [4.78, 5) is 37.1. The van der Waals surface area contributed by atoms with Crippen molar-refractivity contribution in [2.24, 2.45) is 5.73 Å². The molecule has 22 heavy (non-hydrogen) atoms. The Kier molecular flexibility index (Phi) is 5.32. The lowest BCUT2D eigenvalue weighted by Crippen LogP contribution is -2.47. The van der Waals surface area contributed by atoms with Gasteiger partial charge < -0.3 is 10.5 Å². The highest BCUT2D eigenvalue weighted by Crippen LogP contribution is 2.22. The van der Waals surface area contributed by atoms with Gasteiger partial charge in [0.05, 0.1) is 17.7 Å². The summed E-state index contributed by atoms with van der Waals surface area (Å²) in [6.45, 7) is 4.97. The van der Waals surface area contributed by atoms with E-state index in [1.807, 2.05) is 0 Å². The van der Waals surface area contributed by atoms with Crippen molar-refractivity contribution in [3.05, 3.63) is 35.4 Å². The zero-order valence-electron chi connectivity index (χ0n) is 12.7. The number of hydrogen-bond donors (Lipinski definition) is 1. The van der Waals surface area contributed by atoms with E-state index in [0.717, 1.165) is 4.90 Å². The van der Waals surface area contributed by atoms with Crippen LogP contribution in [-0.4, -0.2) is 40.9 Å². The molecule has 1 aromatic carbocycles. The number of esters is 1. The van der Waals surface area contributed by atoms with E-state index >= 15 is 0 Å². The average Bonchev–Trinajstić information content (AvgIpc) is 2.62. The second-order valence-electron chi connectivity index (χ2n) is 5.91. The van der Waals surface area contributed by atoms with Crippen LogP contribution in [0.4, 0.5) is 0 Å². The van der Waals surface area contributed by atoms with E-state index in [0.29, 0.717) is 11.1 Å². The lowest BCUT2D eigenvalue weighted by Gasteiger charge is -2.24. The summed E-state index contributed by atoms with van der Waals surface area (Å²) in [6.07, 6.45) is 0. The van der Waals surface area contributed by atoms with E-state index in [2.05, 4.69) is 0 Å². The first-order chi connectivity index (χ1) is 9.70. The topological polar surface area (TPSA) is 89.7 Å². The first-order valence-electron chi connectivity index (χ1n) is 6.64. The molecule has 1 aromatic rings. The molecular formula is C15H19ClN2O4. The maximum atomic E-state index is 12.1. The third-order valence-corrected chi connectivity index (χ3v) is 2.97. The number of ether oxygens (including phenoxy) is 1. The van der Waals surface area contributed by atoms with Crippen molar-refractivity contribution in [2.45, 2.75) is 32.4 Å². The number of amides is 2. The van der Waals surface area contributed by atoms with Crippen LogP contribution in [0.15, 0.2) is 24.3 Å². The van der Waals surface area contributed by atoms with Gasteiger partial charge in [-0.15, -0.1) is 12.4 Å². The summed E-state index contributed by atoms with van der Waals surface area (Å²) < 4.78 is 5.14. The van der Waals surface area contributed by atoms with Gasteiger partial charge >= 0.3 is 5.97 Å². The molecule has 1 aliphatic heterocycles. The number of carbonyl (C=O) groups is 3. The Morgan fingerprint density at radius 1 is 1.18 bits per heavy atom. The van der Waals surface area contributed by atoms with Gasteiger partial charge in [-0.25, -0.2) is 0 Å². The quantitative estimate of drug-likeness (QED) is 0.669. The molecule has 2 amide bonds. The molecule has 6 nitrogen and oxygen atoms in total. The third kappa shape index (κ3) is 3.64. The molecule has 2 rings (SSSR count). The van der Waals surface area contributed by atoms with Gasteiger partial charge in [-0.3, -0.25) is 19.3 Å². The van der Waals surface area contributed by atoms with Crippen LogP contribution in [0.1, 0.15) is 41.5 Å². The molecule has 7 heteroatoms. The SMILES string of the molecule is CC(C)(C)OC(=O)[C@H](N)CN1C(=O)c2ccccc2C1=O.Cl. The van der Waals surface area contributed by atoms with Gasteiger partial charge in [-0.05, 0) is 32.9 Å². The Balaban J connectivity index is 0.00000242. The fourth-order valence-corrected chi connectivity index (χ4v) is 2.05. The summed E-state index contributed by atoms with van der Waals surface area (Å²) in [7, 11) is 0. The average molecular weight is 327 g/mol. The molecule has 2 N–H and O–H groups in total. The van der Waals surface area contributed by atoms with Crippen molar-refractivity contribution in [3.8, 4) is 0 Å². The molecule has 1 atom stereocenters. The maximum Gasteiger partial charge on any atom is 0.325 e. The van der Waals surface area contributed by atoms with Crippen molar-refractivity contribution in [1.82, 2.24) is 4.90 Å². The normalized spacial score (nSPS) is 15.2. The van der Waals surface area contributed by atoms with E-state index in [-0.39, 0.29) is 19.0 Å². The third-order valence-electron chi connectivity index (χ3n) is 2.97. The Morgan fingerprint density at radius 3 is 2.05 bits per heavy atom. The number of halogens is 1. The fourth-order valence-electron chi connectivity index (χ4n) is 2.05. The Bertz CT molecular complexity index is 575. The van der Waals surface area contributed by atoms with Gasteiger partial charge in [-0.2, -0.15) is 0 Å². The second-order valence-corrected chi connectivity index (χ2v) is 5.91. The number of hydrogen-bond acceptors (Lipinski definition) is 5. The number of benzene rings is 1. The predicted molar refractivity (Wildman–Crippen MR) is 82.9 cm³/mol. The number of carbonyl (C=O) groups excluding carboxylic acids is 3. The van der Waals surface area contributed by atoms with Crippen molar-refractivity contribution in [1.29, 1.82) is 0 Å². The molecule has 1 aliphatic rings. The van der Waals surface area contributed by atoms with Crippen LogP contribution in [0.25, 0.3) is 0 Å². The van der Waals surface area contributed by atoms with Crippen LogP contribution in [0.3, 0.4) is 0 Å². The van der Waals surface area contributed by atoms with Crippen molar-refractivity contribution >= 4 is 30.2 Å². The molecule has 0 unspecified atom stereocenters. The highest BCUT2D eigenvalue weighted by atomic mass is 35.5. The zero-order valence-corrected chi connectivity index (χ0v) is 13.5. The van der Waals surface area contributed by atoms with Gasteiger partial charge in [-0.1, -0.05) is 12.1 Å². The monoisotopic (exact) mass is 326 g/mol. The van der Waals surface area contributed by atoms with E-state index in [9.17, 15) is 14.4 Å². The standard InChI is InChI=1S/C15H18N2O4.ClH/c1-15(2,3)21-14(20)11(16)8-17-12(18)9-6-4-5-7-10(9)13(17)19;/h4-7,11H,8,16H2,1-3H3;1H/t11-;/m1./s1. The van der Waals surface area contributed by atoms with Gasteiger partial charge in [0.25, 0.3) is 11.8 Å². The van der Waals surface area contributed by atoms with E-state index in [4.69, 9.17) is 10.5 Å². The first kappa shape index (κ1) is 18.1. The lowest BCUT2D eigenvalue weighted by molar-refractivity contribution is -0.156. The van der Waals surface area contributed by atoms with Crippen LogP contribution in [0.5, 0.6) is 0 Å². The number of nitrogens with zero attached hydrogens (tertiary/aromatic N) is 1. The minimum Gasteiger partial charge on any atom is -0.459 e. The van der Waals surface area contributed by atoms with Crippen molar-refractivity contribution in [3.63, 3.8) is 0 Å². The minimum atomic E-state index is -1.06. The lowest BCUT2D eigenvalue weighted by atomic mass is 10.1. The minimum absolute atomic E-state index is 0. The molecule has 0 saturated carbocycles. The zero-order chi connectivity index (χ0) is 15.8. The fraction of sp³-hybridized carbons (Fsp3) is 0.400. The van der Waals surface area contributed by atoms with Crippen LogP contribution in [-0.2, 0) is 9.53 Å². The van der Waals surface area contributed by atoms with Gasteiger partial charge in [0.15, 0.2) is 0 Å². The summed E-state index contributed by atoms with van der Waals surface area (Å²) in [5.74, 6) is -1.51. The van der Waals surface area contributed by atoms with Gasteiger partial charge in [0, 0.05) is 0 Å². The molecule has 0 aromatic heterocycles. The van der Waals surface area contributed by atoms with Gasteiger partial charge in [0.2, 0.25) is 0 Å². The molecule has 0 saturated heterocycles. The number of fused-ring (bicyclic) bond motifs is 1. The maximum absolute atomic E-state index is 12.1. The van der Waals surface area contributed by atoms with Crippen molar-refractivity contribution < 1.29 is 19.1 Å². The predicted octanol–water partition coefficient (Wildman–Crippen LogP) is 1.37. The van der Waals surface area contributed by atoms with Crippen molar-refractivity contribution in [2.75, 3.05) is 6.54 Å². The van der Waals surface area contributed by atoms with Crippen LogP contribution < -0.4 is 5.73 Å².